The first-order valence-corrected chi connectivity index (χ1v) is 9.37. The van der Waals surface area contributed by atoms with E-state index in [9.17, 15) is 9.90 Å². The maximum absolute atomic E-state index is 12.3. The molecule has 0 unspecified atom stereocenters. The first-order chi connectivity index (χ1) is 11.1. The van der Waals surface area contributed by atoms with Crippen LogP contribution < -0.4 is 4.74 Å². The number of carbonyl (C=O) groups excluding carboxylic acids is 1. The third kappa shape index (κ3) is 5.41. The summed E-state index contributed by atoms with van der Waals surface area (Å²) in [6, 6.07) is 7.60. The molecule has 0 bridgehead atoms. The van der Waals surface area contributed by atoms with Crippen molar-refractivity contribution >= 4 is 17.7 Å². The van der Waals surface area contributed by atoms with Crippen LogP contribution in [-0.4, -0.2) is 78.3 Å². The van der Waals surface area contributed by atoms with Crippen molar-refractivity contribution < 1.29 is 14.6 Å². The van der Waals surface area contributed by atoms with Gasteiger partial charge in [0.1, 0.15) is 12.4 Å². The highest BCUT2D eigenvalue weighted by molar-refractivity contribution is 7.98. The molecule has 1 aromatic rings. The molecule has 2 rings (SSSR count). The highest BCUT2D eigenvalue weighted by atomic mass is 32.2. The number of rotatable bonds is 7. The number of nitrogens with zero attached hydrogens (tertiary/aromatic N) is 2. The van der Waals surface area contributed by atoms with Gasteiger partial charge in [-0.3, -0.25) is 9.69 Å². The van der Waals surface area contributed by atoms with Crippen molar-refractivity contribution in [2.45, 2.75) is 13.0 Å². The molecule has 1 aliphatic rings. The lowest BCUT2D eigenvalue weighted by molar-refractivity contribution is -0.143. The maximum atomic E-state index is 12.3. The van der Waals surface area contributed by atoms with E-state index >= 15 is 0 Å². The fourth-order valence-electron chi connectivity index (χ4n) is 2.58. The SMILES string of the molecule is CSCCN1CCN(C(=O)[C@H](O)COc2ccccc2C)CC1. The summed E-state index contributed by atoms with van der Waals surface area (Å²) in [4.78, 5) is 16.4. The summed E-state index contributed by atoms with van der Waals surface area (Å²) < 4.78 is 5.57. The van der Waals surface area contributed by atoms with Crippen molar-refractivity contribution in [1.29, 1.82) is 0 Å². The number of carbonyl (C=O) groups is 1. The first kappa shape index (κ1) is 18.1. The van der Waals surface area contributed by atoms with Gasteiger partial charge in [0.15, 0.2) is 6.10 Å². The van der Waals surface area contributed by atoms with Crippen molar-refractivity contribution in [3.8, 4) is 5.75 Å². The second-order valence-corrected chi connectivity index (χ2v) is 6.74. The molecule has 0 aliphatic carbocycles. The van der Waals surface area contributed by atoms with E-state index in [1.54, 1.807) is 4.90 Å². The number of aryl methyl sites for hydroxylation is 1. The Morgan fingerprint density at radius 2 is 2.00 bits per heavy atom. The maximum Gasteiger partial charge on any atom is 0.255 e. The zero-order chi connectivity index (χ0) is 16.7. The van der Waals surface area contributed by atoms with Crippen molar-refractivity contribution in [3.63, 3.8) is 0 Å². The fourth-order valence-corrected chi connectivity index (χ4v) is 3.02. The van der Waals surface area contributed by atoms with Crippen LogP contribution in [0.25, 0.3) is 0 Å². The predicted octanol–water partition coefficient (Wildman–Crippen LogP) is 1.24. The van der Waals surface area contributed by atoms with Gasteiger partial charge < -0.3 is 14.7 Å². The zero-order valence-corrected chi connectivity index (χ0v) is 14.7. The Morgan fingerprint density at radius 3 is 2.65 bits per heavy atom. The smallest absolute Gasteiger partial charge is 0.255 e. The Kier molecular flexibility index (Phi) is 7.20. The Bertz CT molecular complexity index is 504. The second kappa shape index (κ2) is 9.15. The molecule has 1 aliphatic heterocycles. The predicted molar refractivity (Wildman–Crippen MR) is 94.1 cm³/mol. The van der Waals surface area contributed by atoms with E-state index < -0.39 is 6.10 Å². The lowest BCUT2D eigenvalue weighted by atomic mass is 10.2. The van der Waals surface area contributed by atoms with Gasteiger partial charge in [-0.1, -0.05) is 18.2 Å². The molecule has 1 atom stereocenters. The zero-order valence-electron chi connectivity index (χ0n) is 13.9. The van der Waals surface area contributed by atoms with Gasteiger partial charge in [0.25, 0.3) is 5.91 Å². The molecule has 1 N–H and O–H groups in total. The van der Waals surface area contributed by atoms with E-state index in [4.69, 9.17) is 4.74 Å². The van der Waals surface area contributed by atoms with Crippen LogP contribution in [0.2, 0.25) is 0 Å². The van der Waals surface area contributed by atoms with Gasteiger partial charge in [0.2, 0.25) is 0 Å². The molecule has 0 radical (unpaired) electrons. The van der Waals surface area contributed by atoms with Gasteiger partial charge in [0.05, 0.1) is 0 Å². The van der Waals surface area contributed by atoms with Crippen LogP contribution in [0.15, 0.2) is 24.3 Å². The Morgan fingerprint density at radius 1 is 1.30 bits per heavy atom. The summed E-state index contributed by atoms with van der Waals surface area (Å²) >= 11 is 1.83. The van der Waals surface area contributed by atoms with E-state index in [1.165, 1.54) is 0 Å². The van der Waals surface area contributed by atoms with E-state index in [2.05, 4.69) is 11.2 Å². The molecule has 23 heavy (non-hydrogen) atoms. The number of thioether (sulfide) groups is 1. The molecule has 1 saturated heterocycles. The van der Waals surface area contributed by atoms with Gasteiger partial charge in [-0.15, -0.1) is 0 Å². The number of hydrogen-bond donors (Lipinski definition) is 1. The molecule has 0 saturated carbocycles. The topological polar surface area (TPSA) is 53.0 Å². The fraction of sp³-hybridized carbons (Fsp3) is 0.588. The van der Waals surface area contributed by atoms with Crippen LogP contribution >= 0.6 is 11.8 Å². The Balaban J connectivity index is 1.76. The first-order valence-electron chi connectivity index (χ1n) is 7.98. The van der Waals surface area contributed by atoms with Crippen molar-refractivity contribution in [3.05, 3.63) is 29.8 Å². The van der Waals surface area contributed by atoms with Crippen LogP contribution in [0, 0.1) is 6.92 Å². The van der Waals surface area contributed by atoms with Crippen molar-refractivity contribution in [2.24, 2.45) is 0 Å². The summed E-state index contributed by atoms with van der Waals surface area (Å²) in [5.74, 6) is 1.59. The molecule has 0 aromatic heterocycles. The minimum absolute atomic E-state index is 0.00360. The molecule has 1 amide bonds. The number of aliphatic hydroxyl groups is 1. The number of ether oxygens (including phenoxy) is 1. The largest absolute Gasteiger partial charge is 0.490 e. The van der Waals surface area contributed by atoms with Crippen LogP contribution in [0.4, 0.5) is 0 Å². The van der Waals surface area contributed by atoms with Gasteiger partial charge in [-0.25, -0.2) is 0 Å². The summed E-state index contributed by atoms with van der Waals surface area (Å²) in [5, 5.41) is 10.1. The van der Waals surface area contributed by atoms with Gasteiger partial charge in [-0.05, 0) is 24.8 Å². The van der Waals surface area contributed by atoms with Crippen molar-refractivity contribution in [2.75, 3.05) is 51.3 Å². The third-order valence-corrected chi connectivity index (χ3v) is 4.66. The second-order valence-electron chi connectivity index (χ2n) is 5.75. The van der Waals surface area contributed by atoms with Crippen LogP contribution in [-0.2, 0) is 4.79 Å². The Labute approximate surface area is 142 Å². The van der Waals surface area contributed by atoms with E-state index in [0.29, 0.717) is 18.8 Å². The van der Waals surface area contributed by atoms with E-state index in [1.807, 2.05) is 43.0 Å². The summed E-state index contributed by atoms with van der Waals surface area (Å²) in [6.07, 6.45) is 0.997. The normalized spacial score (nSPS) is 17.1. The Hall–Kier alpha value is -1.24. The summed E-state index contributed by atoms with van der Waals surface area (Å²) in [7, 11) is 0. The van der Waals surface area contributed by atoms with Gasteiger partial charge >= 0.3 is 0 Å². The number of benzene rings is 1. The quantitative estimate of drug-likeness (QED) is 0.811. The highest BCUT2D eigenvalue weighted by Gasteiger charge is 2.26. The van der Waals surface area contributed by atoms with E-state index in [0.717, 1.165) is 31.0 Å². The molecule has 1 aromatic carbocycles. The lowest BCUT2D eigenvalue weighted by Crippen LogP contribution is -2.52. The van der Waals surface area contributed by atoms with Crippen molar-refractivity contribution in [1.82, 2.24) is 9.80 Å². The number of aliphatic hydroxyl groups excluding tert-OH is 1. The minimum atomic E-state index is -1.10. The number of amides is 1. The van der Waals surface area contributed by atoms with Crippen LogP contribution in [0.1, 0.15) is 5.56 Å². The number of para-hydroxylation sites is 1. The molecule has 6 heteroatoms. The standard InChI is InChI=1S/C17H26N2O3S/c1-14-5-3-4-6-16(14)22-13-15(20)17(21)19-9-7-18(8-10-19)11-12-23-2/h3-6,15,20H,7-13H2,1-2H3/t15-/m1/s1. The third-order valence-electron chi connectivity index (χ3n) is 4.07. The summed E-state index contributed by atoms with van der Waals surface area (Å²) in [6.45, 7) is 6.09. The average Bonchev–Trinajstić information content (AvgIpc) is 2.59. The molecule has 5 nitrogen and oxygen atoms in total. The highest BCUT2D eigenvalue weighted by Crippen LogP contribution is 2.16. The molecule has 1 fully saturated rings. The average molecular weight is 338 g/mol. The molecule has 0 spiro atoms. The van der Waals surface area contributed by atoms with Crippen LogP contribution in [0.3, 0.4) is 0 Å². The number of piperazine rings is 1. The van der Waals surface area contributed by atoms with Gasteiger partial charge in [-0.2, -0.15) is 11.8 Å². The van der Waals surface area contributed by atoms with Gasteiger partial charge in [0, 0.05) is 38.5 Å². The lowest BCUT2D eigenvalue weighted by Gasteiger charge is -2.35. The van der Waals surface area contributed by atoms with E-state index in [-0.39, 0.29) is 12.5 Å². The molecular formula is C17H26N2O3S. The molecular weight excluding hydrogens is 312 g/mol. The van der Waals surface area contributed by atoms with Crippen LogP contribution in [0.5, 0.6) is 5.75 Å². The summed E-state index contributed by atoms with van der Waals surface area (Å²) in [5.41, 5.74) is 0.995. The molecule has 128 valence electrons. The molecule has 1 heterocycles. The monoisotopic (exact) mass is 338 g/mol. The number of hydrogen-bond acceptors (Lipinski definition) is 5. The minimum Gasteiger partial charge on any atom is -0.490 e.